The van der Waals surface area contributed by atoms with Gasteiger partial charge in [-0.1, -0.05) is 18.2 Å². The Bertz CT molecular complexity index is 916. The molecule has 0 radical (unpaired) electrons. The van der Waals surface area contributed by atoms with Crippen molar-refractivity contribution >= 4 is 22.9 Å². The molecule has 3 aromatic rings. The molecule has 1 aromatic carbocycles. The van der Waals surface area contributed by atoms with Crippen LogP contribution in [0.25, 0.3) is 10.8 Å². The van der Waals surface area contributed by atoms with E-state index in [1.807, 2.05) is 48.2 Å². The van der Waals surface area contributed by atoms with Crippen molar-refractivity contribution < 1.29 is 9.21 Å². The third-order valence-corrected chi connectivity index (χ3v) is 5.57. The highest BCUT2D eigenvalue weighted by Gasteiger charge is 2.26. The van der Waals surface area contributed by atoms with Crippen molar-refractivity contribution in [2.75, 3.05) is 24.5 Å². The number of anilines is 1. The molecule has 1 saturated heterocycles. The van der Waals surface area contributed by atoms with E-state index in [-0.39, 0.29) is 5.91 Å². The molecule has 134 valence electrons. The van der Waals surface area contributed by atoms with Crippen LogP contribution in [0.1, 0.15) is 16.3 Å². The van der Waals surface area contributed by atoms with Gasteiger partial charge in [-0.05, 0) is 38.1 Å². The summed E-state index contributed by atoms with van der Waals surface area (Å²) in [6, 6.07) is 13.9. The smallest absolute Gasteiger partial charge is 0.241 e. The first-order valence-corrected chi connectivity index (χ1v) is 9.52. The van der Waals surface area contributed by atoms with Crippen molar-refractivity contribution in [1.82, 2.24) is 9.88 Å². The molecule has 26 heavy (non-hydrogen) atoms. The summed E-state index contributed by atoms with van der Waals surface area (Å²) in [5, 5.41) is 0. The zero-order valence-electron chi connectivity index (χ0n) is 14.9. The minimum Gasteiger partial charge on any atom is -0.440 e. The number of carbonyl (C=O) groups excluding carboxylic acids is 1. The number of hydrogen-bond acceptors (Lipinski definition) is 5. The van der Waals surface area contributed by atoms with Gasteiger partial charge < -0.3 is 9.32 Å². The number of aromatic nitrogens is 1. The zero-order valence-corrected chi connectivity index (χ0v) is 15.8. The highest BCUT2D eigenvalue weighted by atomic mass is 32.1. The molecule has 1 fully saturated rings. The molecule has 5 nitrogen and oxygen atoms in total. The molecule has 0 N–H and O–H groups in total. The topological polar surface area (TPSA) is 49.6 Å². The molecule has 0 unspecified atom stereocenters. The van der Waals surface area contributed by atoms with Crippen LogP contribution in [0, 0.1) is 13.8 Å². The summed E-state index contributed by atoms with van der Waals surface area (Å²) in [6.07, 6.45) is 0. The number of hydrogen-bond donors (Lipinski definition) is 0. The Labute approximate surface area is 156 Å². The number of para-hydroxylation sites is 1. The molecule has 2 aromatic heterocycles. The first-order valence-electron chi connectivity index (χ1n) is 8.71. The Balaban J connectivity index is 1.44. The summed E-state index contributed by atoms with van der Waals surface area (Å²) in [6.45, 7) is 6.55. The van der Waals surface area contributed by atoms with Crippen molar-refractivity contribution in [3.05, 3.63) is 58.8 Å². The second-order valence-corrected chi connectivity index (χ2v) is 7.81. The van der Waals surface area contributed by atoms with Gasteiger partial charge in [0.25, 0.3) is 0 Å². The molecular formula is C20H21N3O2S. The van der Waals surface area contributed by atoms with E-state index in [1.165, 1.54) is 4.88 Å². The van der Waals surface area contributed by atoms with Crippen molar-refractivity contribution in [2.45, 2.75) is 20.4 Å². The van der Waals surface area contributed by atoms with E-state index in [9.17, 15) is 4.79 Å². The Morgan fingerprint density at radius 2 is 1.92 bits per heavy atom. The summed E-state index contributed by atoms with van der Waals surface area (Å²) in [7, 11) is 0. The molecule has 4 rings (SSSR count). The Hall–Kier alpha value is -2.44. The second kappa shape index (κ2) is 7.05. The van der Waals surface area contributed by atoms with Crippen LogP contribution in [-0.2, 0) is 11.3 Å². The number of carbonyl (C=O) groups is 1. The molecule has 1 amide bonds. The fraction of sp³-hybridized carbons (Fsp3) is 0.300. The molecule has 3 heterocycles. The van der Waals surface area contributed by atoms with Crippen LogP contribution in [0.3, 0.4) is 0 Å². The highest BCUT2D eigenvalue weighted by molar-refractivity contribution is 7.15. The number of thiophene rings is 1. The van der Waals surface area contributed by atoms with Crippen LogP contribution in [0.5, 0.6) is 0 Å². The van der Waals surface area contributed by atoms with Crippen LogP contribution in [0.2, 0.25) is 0 Å². The maximum absolute atomic E-state index is 12.6. The predicted molar refractivity (Wildman–Crippen MR) is 103 cm³/mol. The average Bonchev–Trinajstić information content (AvgIpc) is 3.22. The van der Waals surface area contributed by atoms with Crippen LogP contribution in [-0.4, -0.2) is 35.4 Å². The van der Waals surface area contributed by atoms with Gasteiger partial charge in [-0.25, -0.2) is 4.98 Å². The average molecular weight is 367 g/mol. The van der Waals surface area contributed by atoms with Crippen LogP contribution in [0.15, 0.2) is 46.9 Å². The van der Waals surface area contributed by atoms with Crippen molar-refractivity contribution in [3.8, 4) is 10.8 Å². The summed E-state index contributed by atoms with van der Waals surface area (Å²) < 4.78 is 5.85. The van der Waals surface area contributed by atoms with E-state index in [4.69, 9.17) is 4.42 Å². The maximum atomic E-state index is 12.6. The summed E-state index contributed by atoms with van der Waals surface area (Å²) >= 11 is 1.68. The molecule has 0 saturated carbocycles. The lowest BCUT2D eigenvalue weighted by molar-refractivity contribution is -0.121. The molecule has 0 atom stereocenters. The fourth-order valence-electron chi connectivity index (χ4n) is 3.18. The van der Waals surface area contributed by atoms with Gasteiger partial charge in [0.15, 0.2) is 0 Å². The Morgan fingerprint density at radius 3 is 2.62 bits per heavy atom. The van der Waals surface area contributed by atoms with Gasteiger partial charge >= 0.3 is 0 Å². The largest absolute Gasteiger partial charge is 0.440 e. The van der Waals surface area contributed by atoms with E-state index in [0.717, 1.165) is 28.6 Å². The highest BCUT2D eigenvalue weighted by Crippen LogP contribution is 2.29. The van der Waals surface area contributed by atoms with Crippen molar-refractivity contribution in [1.29, 1.82) is 0 Å². The summed E-state index contributed by atoms with van der Waals surface area (Å²) in [5.41, 5.74) is 1.87. The number of amides is 1. The minimum absolute atomic E-state index is 0.123. The summed E-state index contributed by atoms with van der Waals surface area (Å²) in [4.78, 5) is 23.5. The lowest BCUT2D eigenvalue weighted by Crippen LogP contribution is -2.50. The van der Waals surface area contributed by atoms with Crippen LogP contribution in [0.4, 0.5) is 5.69 Å². The lowest BCUT2D eigenvalue weighted by atomic mass is 10.2. The van der Waals surface area contributed by atoms with E-state index in [1.54, 1.807) is 11.3 Å². The van der Waals surface area contributed by atoms with Gasteiger partial charge in [0.1, 0.15) is 5.76 Å². The predicted octanol–water partition coefficient (Wildman–Crippen LogP) is 3.87. The van der Waals surface area contributed by atoms with Crippen molar-refractivity contribution in [3.63, 3.8) is 0 Å². The van der Waals surface area contributed by atoms with Gasteiger partial charge in [-0.2, -0.15) is 0 Å². The Kier molecular flexibility index (Phi) is 4.61. The van der Waals surface area contributed by atoms with Crippen LogP contribution < -0.4 is 4.90 Å². The van der Waals surface area contributed by atoms with Gasteiger partial charge in [0, 0.05) is 30.2 Å². The number of rotatable bonds is 4. The van der Waals surface area contributed by atoms with E-state index >= 15 is 0 Å². The number of benzene rings is 1. The van der Waals surface area contributed by atoms with Gasteiger partial charge in [-0.15, -0.1) is 11.3 Å². The quantitative estimate of drug-likeness (QED) is 0.702. The Morgan fingerprint density at radius 1 is 1.12 bits per heavy atom. The molecule has 6 heteroatoms. The van der Waals surface area contributed by atoms with Gasteiger partial charge in [0.05, 0.1) is 17.1 Å². The third-order valence-electron chi connectivity index (χ3n) is 4.58. The maximum Gasteiger partial charge on any atom is 0.241 e. The molecule has 1 aliphatic heterocycles. The van der Waals surface area contributed by atoms with E-state index < -0.39 is 0 Å². The van der Waals surface area contributed by atoms with E-state index in [0.29, 0.717) is 25.5 Å². The van der Waals surface area contributed by atoms with E-state index in [2.05, 4.69) is 22.9 Å². The second-order valence-electron chi connectivity index (χ2n) is 6.52. The monoisotopic (exact) mass is 367 g/mol. The molecule has 0 aliphatic carbocycles. The fourth-order valence-corrected chi connectivity index (χ4v) is 3.97. The zero-order chi connectivity index (χ0) is 18.1. The molecular weight excluding hydrogens is 346 g/mol. The van der Waals surface area contributed by atoms with Crippen LogP contribution >= 0.6 is 11.3 Å². The third kappa shape index (κ3) is 3.43. The van der Waals surface area contributed by atoms with Gasteiger partial charge in [-0.3, -0.25) is 9.69 Å². The first kappa shape index (κ1) is 17.0. The lowest BCUT2D eigenvalue weighted by Gasteiger charge is -2.34. The van der Waals surface area contributed by atoms with Crippen molar-refractivity contribution in [2.24, 2.45) is 0 Å². The SMILES string of the molecule is Cc1ccc(-c2nc(CN3CCN(c4ccccc4)C(=O)C3)c(C)o2)s1. The number of oxazole rings is 1. The molecule has 1 aliphatic rings. The number of nitrogens with zero attached hydrogens (tertiary/aromatic N) is 3. The first-order chi connectivity index (χ1) is 12.6. The molecule has 0 bridgehead atoms. The standard InChI is InChI=1S/C20H21N3O2S/c1-14-8-9-18(26-14)20-21-17(15(2)25-20)12-22-10-11-23(19(24)13-22)16-6-4-3-5-7-16/h3-9H,10-13H2,1-2H3. The number of aryl methyl sites for hydroxylation is 2. The molecule has 0 spiro atoms. The normalized spacial score (nSPS) is 15.6. The van der Waals surface area contributed by atoms with Gasteiger partial charge in [0.2, 0.25) is 11.8 Å². The summed E-state index contributed by atoms with van der Waals surface area (Å²) in [5.74, 6) is 1.62. The minimum atomic E-state index is 0.123. The number of piperazine rings is 1.